The van der Waals surface area contributed by atoms with E-state index in [2.05, 4.69) is 0 Å². The first-order valence-corrected chi connectivity index (χ1v) is 13.3. The summed E-state index contributed by atoms with van der Waals surface area (Å²) >= 11 is 0. The molecule has 196 valence electrons. The molecular formula is C26H49O7-. The molecule has 3 N–H and O–H groups in total. The number of carbonyl (C=O) groups excluding carboxylic acids is 1. The van der Waals surface area contributed by atoms with Gasteiger partial charge in [-0.05, 0) is 26.7 Å². The van der Waals surface area contributed by atoms with E-state index in [1.54, 1.807) is 6.92 Å². The first-order chi connectivity index (χ1) is 15.8. The summed E-state index contributed by atoms with van der Waals surface area (Å²) in [7, 11) is 0. The maximum Gasteiger partial charge on any atom is 0.184 e. The van der Waals surface area contributed by atoms with Gasteiger partial charge in [-0.2, -0.15) is 0 Å². The Hall–Kier alpha value is -0.730. The Balaban J connectivity index is 1.83. The number of aliphatic carboxylic acids is 1. The Morgan fingerprint density at radius 3 is 1.82 bits per heavy atom. The fraction of sp³-hybridized carbons (Fsp3) is 0.962. The van der Waals surface area contributed by atoms with E-state index < -0.39 is 30.6 Å². The van der Waals surface area contributed by atoms with Crippen LogP contribution in [-0.4, -0.2) is 58.1 Å². The zero-order chi connectivity index (χ0) is 24.5. The smallest absolute Gasteiger partial charge is 0.184 e. The van der Waals surface area contributed by atoms with Crippen LogP contribution in [0.4, 0.5) is 0 Å². The quantitative estimate of drug-likeness (QED) is 0.231. The predicted molar refractivity (Wildman–Crippen MR) is 126 cm³/mol. The van der Waals surface area contributed by atoms with E-state index in [0.717, 1.165) is 32.1 Å². The van der Waals surface area contributed by atoms with Crippen molar-refractivity contribution >= 4 is 5.97 Å². The second-order valence-electron chi connectivity index (χ2n) is 9.93. The summed E-state index contributed by atoms with van der Waals surface area (Å²) in [4.78, 5) is 10.4. The molecule has 33 heavy (non-hydrogen) atoms. The van der Waals surface area contributed by atoms with Gasteiger partial charge < -0.3 is 34.7 Å². The number of unbranched alkanes of at least 4 members (excludes halogenated alkanes) is 12. The van der Waals surface area contributed by atoms with E-state index in [9.17, 15) is 25.2 Å². The molecule has 7 nitrogen and oxygen atoms in total. The highest BCUT2D eigenvalue weighted by Gasteiger charge is 2.35. The molecule has 6 atom stereocenters. The van der Waals surface area contributed by atoms with Gasteiger partial charge in [-0.3, -0.25) is 0 Å². The highest BCUT2D eigenvalue weighted by atomic mass is 16.7. The van der Waals surface area contributed by atoms with Gasteiger partial charge in [-0.25, -0.2) is 0 Å². The van der Waals surface area contributed by atoms with Crippen LogP contribution in [0.1, 0.15) is 123 Å². The van der Waals surface area contributed by atoms with Crippen molar-refractivity contribution in [3.63, 3.8) is 0 Å². The first-order valence-electron chi connectivity index (χ1n) is 13.3. The Morgan fingerprint density at radius 1 is 0.879 bits per heavy atom. The lowest BCUT2D eigenvalue weighted by Crippen LogP contribution is -2.48. The molecule has 0 saturated carbocycles. The van der Waals surface area contributed by atoms with Crippen LogP contribution in [0, 0.1) is 0 Å². The van der Waals surface area contributed by atoms with Crippen LogP contribution < -0.4 is 5.11 Å². The zero-order valence-corrected chi connectivity index (χ0v) is 21.0. The van der Waals surface area contributed by atoms with Crippen molar-refractivity contribution in [2.75, 3.05) is 0 Å². The van der Waals surface area contributed by atoms with Crippen LogP contribution in [0.15, 0.2) is 0 Å². The monoisotopic (exact) mass is 473 g/mol. The molecule has 0 radical (unpaired) electrons. The molecule has 0 aromatic rings. The molecule has 0 aromatic heterocycles. The third-order valence-electron chi connectivity index (χ3n) is 6.60. The highest BCUT2D eigenvalue weighted by molar-refractivity contribution is 5.64. The van der Waals surface area contributed by atoms with E-state index in [1.165, 1.54) is 57.8 Å². The molecule has 1 heterocycles. The molecule has 7 heteroatoms. The van der Waals surface area contributed by atoms with Crippen LogP contribution in [-0.2, 0) is 14.3 Å². The van der Waals surface area contributed by atoms with Gasteiger partial charge in [0.25, 0.3) is 0 Å². The molecule has 0 amide bonds. The Labute approximate surface area is 200 Å². The standard InChI is InChI=1S/C26H50O7/c1-20(32-26-24(29)19-23(28)21(2)33-26)16-14-12-10-8-6-4-3-5-7-9-11-13-15-17-22(27)18-25(30)31/h20-24,26-29H,3-19H2,1-2H3,(H,30,31)/p-1/t20-,21+,22-,23-,24-,26-/m1/s1. The lowest BCUT2D eigenvalue weighted by Gasteiger charge is -2.36. The minimum absolute atomic E-state index is 0.0409. The third-order valence-corrected chi connectivity index (χ3v) is 6.60. The SMILES string of the molecule is C[C@H](CCCCCCCCCCCCCCC[C@@H](O)CC(=O)[O-])O[C@@H]1O[C@@H](C)[C@H](O)C[C@H]1O. The van der Waals surface area contributed by atoms with Crippen LogP contribution in [0.25, 0.3) is 0 Å². The van der Waals surface area contributed by atoms with Crippen molar-refractivity contribution in [3.8, 4) is 0 Å². The third kappa shape index (κ3) is 15.7. The molecule has 1 rings (SSSR count). The maximum atomic E-state index is 10.4. The number of carboxylic acid groups (broad SMARTS) is 1. The van der Waals surface area contributed by atoms with Crippen molar-refractivity contribution in [2.24, 2.45) is 0 Å². The normalized spacial score (nSPS) is 25.1. The van der Waals surface area contributed by atoms with Gasteiger partial charge in [0.1, 0.15) is 6.10 Å². The second-order valence-corrected chi connectivity index (χ2v) is 9.93. The van der Waals surface area contributed by atoms with Crippen LogP contribution in [0.3, 0.4) is 0 Å². The molecule has 0 spiro atoms. The average molecular weight is 474 g/mol. The van der Waals surface area contributed by atoms with E-state index in [0.29, 0.717) is 12.8 Å². The Kier molecular flexibility index (Phi) is 17.1. The number of hydrogen-bond donors (Lipinski definition) is 3. The van der Waals surface area contributed by atoms with Crippen molar-refractivity contribution < 1.29 is 34.7 Å². The fourth-order valence-electron chi connectivity index (χ4n) is 4.41. The largest absolute Gasteiger partial charge is 0.550 e. The molecule has 0 aromatic carbocycles. The summed E-state index contributed by atoms with van der Waals surface area (Å²) < 4.78 is 11.4. The molecule has 1 fully saturated rings. The van der Waals surface area contributed by atoms with Crippen LogP contribution in [0.2, 0.25) is 0 Å². The molecular weight excluding hydrogens is 424 g/mol. The summed E-state index contributed by atoms with van der Waals surface area (Å²) in [5.41, 5.74) is 0. The van der Waals surface area contributed by atoms with Gasteiger partial charge in [0, 0.05) is 18.8 Å². The lowest BCUT2D eigenvalue weighted by atomic mass is 10.0. The number of hydrogen-bond acceptors (Lipinski definition) is 7. The molecule has 1 aliphatic rings. The summed E-state index contributed by atoms with van der Waals surface area (Å²) in [6.45, 7) is 3.82. The molecule has 0 aliphatic carbocycles. The van der Waals surface area contributed by atoms with Crippen molar-refractivity contribution in [2.45, 2.75) is 160 Å². The summed E-state index contributed by atoms with van der Waals surface area (Å²) in [6, 6.07) is 0. The number of rotatable bonds is 20. The number of carbonyl (C=O) groups is 1. The van der Waals surface area contributed by atoms with Gasteiger partial charge >= 0.3 is 0 Å². The molecule has 0 unspecified atom stereocenters. The molecule has 0 bridgehead atoms. The highest BCUT2D eigenvalue weighted by Crippen LogP contribution is 2.23. The van der Waals surface area contributed by atoms with Gasteiger partial charge in [-0.15, -0.1) is 0 Å². The minimum Gasteiger partial charge on any atom is -0.550 e. The topological polar surface area (TPSA) is 119 Å². The summed E-state index contributed by atoms with van der Waals surface area (Å²) in [6.07, 6.45) is 14.2. The van der Waals surface area contributed by atoms with Gasteiger partial charge in [0.05, 0.1) is 24.4 Å². The second kappa shape index (κ2) is 18.6. The van der Waals surface area contributed by atoms with Gasteiger partial charge in [0.15, 0.2) is 6.29 Å². The Morgan fingerprint density at radius 2 is 1.33 bits per heavy atom. The van der Waals surface area contributed by atoms with Gasteiger partial charge in [-0.1, -0.05) is 83.5 Å². The van der Waals surface area contributed by atoms with E-state index in [4.69, 9.17) is 9.47 Å². The number of ether oxygens (including phenoxy) is 2. The van der Waals surface area contributed by atoms with Crippen molar-refractivity contribution in [1.82, 2.24) is 0 Å². The first kappa shape index (κ1) is 30.3. The lowest BCUT2D eigenvalue weighted by molar-refractivity contribution is -0.307. The van der Waals surface area contributed by atoms with Crippen LogP contribution in [0.5, 0.6) is 0 Å². The van der Waals surface area contributed by atoms with E-state index in [-0.39, 0.29) is 18.6 Å². The zero-order valence-electron chi connectivity index (χ0n) is 21.0. The molecule has 1 aliphatic heterocycles. The van der Waals surface area contributed by atoms with E-state index in [1.807, 2.05) is 6.92 Å². The number of aliphatic hydroxyl groups excluding tert-OH is 3. The Bertz CT molecular complexity index is 487. The predicted octanol–water partition coefficient (Wildman–Crippen LogP) is 3.60. The fourth-order valence-corrected chi connectivity index (χ4v) is 4.41. The summed E-state index contributed by atoms with van der Waals surface area (Å²) in [5, 5.41) is 39.6. The van der Waals surface area contributed by atoms with E-state index >= 15 is 0 Å². The van der Waals surface area contributed by atoms with Gasteiger partial charge in [0.2, 0.25) is 0 Å². The van der Waals surface area contributed by atoms with Crippen molar-refractivity contribution in [3.05, 3.63) is 0 Å². The number of carboxylic acids is 1. The minimum atomic E-state index is -1.17. The van der Waals surface area contributed by atoms with Crippen molar-refractivity contribution in [1.29, 1.82) is 0 Å². The summed E-state index contributed by atoms with van der Waals surface area (Å²) in [5.74, 6) is -1.17. The maximum absolute atomic E-state index is 10.4. The average Bonchev–Trinajstić information content (AvgIpc) is 2.74. The number of aliphatic hydroxyl groups is 3. The molecule has 1 saturated heterocycles. The van der Waals surface area contributed by atoms with Crippen LogP contribution >= 0.6 is 0 Å².